The predicted octanol–water partition coefficient (Wildman–Crippen LogP) is 3.65. The summed E-state index contributed by atoms with van der Waals surface area (Å²) < 4.78 is 4.01. The second kappa shape index (κ2) is 5.93. The zero-order valence-electron chi connectivity index (χ0n) is 12.6. The molecule has 4 heteroatoms. The average Bonchev–Trinajstić information content (AvgIpc) is 3.29. The minimum Gasteiger partial charge on any atom is -0.309 e. The summed E-state index contributed by atoms with van der Waals surface area (Å²) in [5, 5.41) is 0. The standard InChI is InChI=1S/C19H16N4/c1-2-12-22(11-1)18-9-5-7-16(20-18)15-17-8-6-10-19(21-17)23-13-3-4-14-23/h1-14H,15H2. The van der Waals surface area contributed by atoms with Crippen LogP contribution in [0.1, 0.15) is 11.4 Å². The lowest BCUT2D eigenvalue weighted by Gasteiger charge is -2.07. The molecule has 0 aliphatic rings. The molecular formula is C19H16N4. The molecule has 0 aliphatic heterocycles. The molecule has 0 bridgehead atoms. The highest BCUT2D eigenvalue weighted by atomic mass is 15.0. The first-order chi connectivity index (χ1) is 11.4. The van der Waals surface area contributed by atoms with Crippen LogP contribution < -0.4 is 0 Å². The van der Waals surface area contributed by atoms with Gasteiger partial charge in [-0.3, -0.25) is 0 Å². The predicted molar refractivity (Wildman–Crippen MR) is 89.9 cm³/mol. The van der Waals surface area contributed by atoms with E-state index in [0.29, 0.717) is 6.42 Å². The van der Waals surface area contributed by atoms with Crippen LogP contribution in [0.15, 0.2) is 85.5 Å². The van der Waals surface area contributed by atoms with Crippen molar-refractivity contribution in [3.8, 4) is 11.6 Å². The maximum Gasteiger partial charge on any atom is 0.136 e. The topological polar surface area (TPSA) is 35.6 Å². The van der Waals surface area contributed by atoms with Crippen LogP contribution in [0, 0.1) is 0 Å². The summed E-state index contributed by atoms with van der Waals surface area (Å²) in [6.07, 6.45) is 8.70. The first-order valence-electron chi connectivity index (χ1n) is 7.57. The number of hydrogen-bond acceptors (Lipinski definition) is 2. The van der Waals surface area contributed by atoms with E-state index in [0.717, 1.165) is 23.0 Å². The second-order valence-corrected chi connectivity index (χ2v) is 5.33. The third kappa shape index (κ3) is 2.92. The number of aromatic nitrogens is 4. The zero-order chi connectivity index (χ0) is 15.5. The van der Waals surface area contributed by atoms with E-state index >= 15 is 0 Å². The summed E-state index contributed by atoms with van der Waals surface area (Å²) in [5.74, 6) is 1.85. The lowest BCUT2D eigenvalue weighted by molar-refractivity contribution is 0.925. The Morgan fingerprint density at radius 2 is 1.00 bits per heavy atom. The van der Waals surface area contributed by atoms with Gasteiger partial charge in [0.1, 0.15) is 11.6 Å². The van der Waals surface area contributed by atoms with Crippen molar-refractivity contribution in [3.63, 3.8) is 0 Å². The minimum absolute atomic E-state index is 0.713. The van der Waals surface area contributed by atoms with Crippen molar-refractivity contribution >= 4 is 0 Å². The van der Waals surface area contributed by atoms with Crippen LogP contribution >= 0.6 is 0 Å². The molecule has 0 N–H and O–H groups in total. The fraction of sp³-hybridized carbons (Fsp3) is 0.0526. The molecule has 112 valence electrons. The van der Waals surface area contributed by atoms with Crippen LogP contribution in [0.3, 0.4) is 0 Å². The molecule has 23 heavy (non-hydrogen) atoms. The van der Waals surface area contributed by atoms with E-state index in [9.17, 15) is 0 Å². The largest absolute Gasteiger partial charge is 0.309 e. The normalized spacial score (nSPS) is 10.8. The number of nitrogens with zero attached hydrogens (tertiary/aromatic N) is 4. The van der Waals surface area contributed by atoms with Crippen molar-refractivity contribution in [2.75, 3.05) is 0 Å². The summed E-state index contributed by atoms with van der Waals surface area (Å²) in [6, 6.07) is 20.1. The van der Waals surface area contributed by atoms with Gasteiger partial charge in [0.25, 0.3) is 0 Å². The van der Waals surface area contributed by atoms with Gasteiger partial charge in [-0.2, -0.15) is 0 Å². The Hall–Kier alpha value is -3.14. The monoisotopic (exact) mass is 300 g/mol. The fourth-order valence-electron chi connectivity index (χ4n) is 2.58. The molecule has 0 atom stereocenters. The van der Waals surface area contributed by atoms with Gasteiger partial charge in [-0.25, -0.2) is 9.97 Å². The van der Waals surface area contributed by atoms with E-state index < -0.39 is 0 Å². The summed E-state index contributed by atoms with van der Waals surface area (Å²) >= 11 is 0. The third-order valence-electron chi connectivity index (χ3n) is 3.68. The first kappa shape index (κ1) is 13.5. The van der Waals surface area contributed by atoms with Gasteiger partial charge in [-0.05, 0) is 48.5 Å². The summed E-state index contributed by atoms with van der Waals surface area (Å²) in [6.45, 7) is 0. The van der Waals surface area contributed by atoms with Gasteiger partial charge in [-0.15, -0.1) is 0 Å². The summed E-state index contributed by atoms with van der Waals surface area (Å²) in [7, 11) is 0. The Bertz CT molecular complexity index is 817. The highest BCUT2D eigenvalue weighted by molar-refractivity contribution is 5.30. The van der Waals surface area contributed by atoms with Crippen molar-refractivity contribution < 1.29 is 0 Å². The SMILES string of the molecule is c1cc(Cc2cccc(-n3cccc3)n2)nc(-n2cccc2)c1. The van der Waals surface area contributed by atoms with Crippen molar-refractivity contribution in [2.24, 2.45) is 0 Å². The van der Waals surface area contributed by atoms with Gasteiger partial charge in [0, 0.05) is 42.6 Å². The lowest BCUT2D eigenvalue weighted by Crippen LogP contribution is -2.02. The molecule has 4 nitrogen and oxygen atoms in total. The van der Waals surface area contributed by atoms with Gasteiger partial charge in [0.05, 0.1) is 0 Å². The summed E-state index contributed by atoms with van der Waals surface area (Å²) in [5.41, 5.74) is 2.02. The van der Waals surface area contributed by atoms with Crippen molar-refractivity contribution in [3.05, 3.63) is 96.8 Å². The maximum atomic E-state index is 4.72. The van der Waals surface area contributed by atoms with E-state index in [1.165, 1.54) is 0 Å². The molecule has 0 aromatic carbocycles. The molecule has 0 radical (unpaired) electrons. The second-order valence-electron chi connectivity index (χ2n) is 5.33. The van der Waals surface area contributed by atoms with E-state index in [-0.39, 0.29) is 0 Å². The molecule has 0 amide bonds. The number of rotatable bonds is 4. The van der Waals surface area contributed by atoms with Crippen LogP contribution in [-0.4, -0.2) is 19.1 Å². The van der Waals surface area contributed by atoms with Gasteiger partial charge < -0.3 is 9.13 Å². The smallest absolute Gasteiger partial charge is 0.136 e. The highest BCUT2D eigenvalue weighted by Crippen LogP contribution is 2.12. The molecule has 0 saturated heterocycles. The van der Waals surface area contributed by atoms with Crippen LogP contribution in [0.25, 0.3) is 11.6 Å². The average molecular weight is 300 g/mol. The van der Waals surface area contributed by atoms with Crippen molar-refractivity contribution in [1.29, 1.82) is 0 Å². The third-order valence-corrected chi connectivity index (χ3v) is 3.68. The van der Waals surface area contributed by atoms with E-state index in [2.05, 4.69) is 0 Å². The van der Waals surface area contributed by atoms with Crippen molar-refractivity contribution in [1.82, 2.24) is 19.1 Å². The fourth-order valence-corrected chi connectivity index (χ4v) is 2.58. The Labute approximate surface area is 134 Å². The van der Waals surface area contributed by atoms with E-state index in [4.69, 9.17) is 9.97 Å². The lowest BCUT2D eigenvalue weighted by atomic mass is 10.2. The molecule has 0 aliphatic carbocycles. The minimum atomic E-state index is 0.713. The van der Waals surface area contributed by atoms with Crippen LogP contribution in [0.4, 0.5) is 0 Å². The van der Waals surface area contributed by atoms with Crippen LogP contribution in [0.5, 0.6) is 0 Å². The number of hydrogen-bond donors (Lipinski definition) is 0. The highest BCUT2D eigenvalue weighted by Gasteiger charge is 2.04. The molecular weight excluding hydrogens is 284 g/mol. The molecule has 4 aromatic rings. The quantitative estimate of drug-likeness (QED) is 0.577. The Kier molecular flexibility index (Phi) is 3.48. The van der Waals surface area contributed by atoms with Crippen LogP contribution in [0.2, 0.25) is 0 Å². The van der Waals surface area contributed by atoms with Crippen LogP contribution in [-0.2, 0) is 6.42 Å². The Morgan fingerprint density at radius 3 is 1.43 bits per heavy atom. The molecule has 4 heterocycles. The first-order valence-corrected chi connectivity index (χ1v) is 7.57. The van der Waals surface area contributed by atoms with E-state index in [1.54, 1.807) is 0 Å². The Morgan fingerprint density at radius 1 is 0.565 bits per heavy atom. The molecule has 4 rings (SSSR count). The van der Waals surface area contributed by atoms with Gasteiger partial charge in [-0.1, -0.05) is 12.1 Å². The Balaban J connectivity index is 1.61. The van der Waals surface area contributed by atoms with Crippen molar-refractivity contribution in [2.45, 2.75) is 6.42 Å². The van der Waals surface area contributed by atoms with Gasteiger partial charge >= 0.3 is 0 Å². The van der Waals surface area contributed by atoms with Gasteiger partial charge in [0.2, 0.25) is 0 Å². The van der Waals surface area contributed by atoms with Gasteiger partial charge in [0.15, 0.2) is 0 Å². The molecule has 0 spiro atoms. The summed E-state index contributed by atoms with van der Waals surface area (Å²) in [4.78, 5) is 9.44. The molecule has 4 aromatic heterocycles. The molecule has 0 saturated carbocycles. The number of pyridine rings is 2. The zero-order valence-corrected chi connectivity index (χ0v) is 12.6. The molecule has 0 unspecified atom stereocenters. The molecule has 0 fully saturated rings. The maximum absolute atomic E-state index is 4.72. The van der Waals surface area contributed by atoms with E-state index in [1.807, 2.05) is 94.6 Å².